The molecule has 0 aromatic heterocycles. The molecular weight excluding hydrogens is 342 g/mol. The number of nitrogens with one attached hydrogen (secondary N) is 1. The number of benzene rings is 2. The summed E-state index contributed by atoms with van der Waals surface area (Å²) in [5.74, 6) is -1.36. The molecule has 2 rings (SSSR count). The number of rotatable bonds is 6. The highest BCUT2D eigenvalue weighted by Crippen LogP contribution is 2.31. The summed E-state index contributed by atoms with van der Waals surface area (Å²) >= 11 is 6.21. The van der Waals surface area contributed by atoms with Gasteiger partial charge in [0.05, 0.1) is 17.6 Å². The van der Waals surface area contributed by atoms with E-state index in [1.54, 1.807) is 38.1 Å². The minimum absolute atomic E-state index is 0.0837. The molecule has 0 unspecified atom stereocenters. The number of amides is 1. The number of anilines is 1. The molecule has 1 amide bonds. The van der Waals surface area contributed by atoms with Crippen molar-refractivity contribution in [3.8, 4) is 0 Å². The van der Waals surface area contributed by atoms with Gasteiger partial charge in [0.1, 0.15) is 0 Å². The average molecular weight is 362 g/mol. The maximum atomic E-state index is 12.8. The molecular formula is C19H20ClNO4. The summed E-state index contributed by atoms with van der Waals surface area (Å²) < 4.78 is 5.05. The number of carbonyl (C=O) groups excluding carboxylic acids is 1. The first-order valence-corrected chi connectivity index (χ1v) is 8.06. The number of aromatic carboxylic acids is 1. The Balaban J connectivity index is 2.33. The van der Waals surface area contributed by atoms with Crippen LogP contribution in [-0.2, 0) is 21.6 Å². The zero-order chi connectivity index (χ0) is 18.6. The predicted octanol–water partition coefficient (Wildman–Crippen LogP) is 4.10. The van der Waals surface area contributed by atoms with Crippen molar-refractivity contribution in [1.82, 2.24) is 0 Å². The van der Waals surface area contributed by atoms with Crippen molar-refractivity contribution in [2.24, 2.45) is 0 Å². The average Bonchev–Trinajstić information content (AvgIpc) is 2.55. The van der Waals surface area contributed by atoms with Gasteiger partial charge >= 0.3 is 5.97 Å². The van der Waals surface area contributed by atoms with Crippen LogP contribution in [0.5, 0.6) is 0 Å². The Morgan fingerprint density at radius 2 is 1.88 bits per heavy atom. The van der Waals surface area contributed by atoms with Crippen LogP contribution in [0.3, 0.4) is 0 Å². The van der Waals surface area contributed by atoms with Crippen LogP contribution in [0.2, 0.25) is 5.02 Å². The minimum atomic E-state index is -1.07. The Morgan fingerprint density at radius 1 is 1.20 bits per heavy atom. The molecule has 0 saturated carbocycles. The predicted molar refractivity (Wildman–Crippen MR) is 97.2 cm³/mol. The van der Waals surface area contributed by atoms with Gasteiger partial charge in [-0.1, -0.05) is 29.8 Å². The van der Waals surface area contributed by atoms with Crippen LogP contribution in [0.15, 0.2) is 42.5 Å². The molecule has 0 spiro atoms. The third-order valence-corrected chi connectivity index (χ3v) is 4.25. The number of ether oxygens (including phenoxy) is 1. The number of carboxylic acid groups (broad SMARTS) is 1. The second-order valence-corrected chi connectivity index (χ2v) is 6.62. The fourth-order valence-corrected chi connectivity index (χ4v) is 2.89. The first-order chi connectivity index (χ1) is 11.8. The van der Waals surface area contributed by atoms with E-state index in [0.29, 0.717) is 21.8 Å². The largest absolute Gasteiger partial charge is 0.478 e. The van der Waals surface area contributed by atoms with Crippen LogP contribution in [-0.4, -0.2) is 24.1 Å². The first kappa shape index (κ1) is 19.0. The highest BCUT2D eigenvalue weighted by Gasteiger charge is 2.31. The molecule has 0 radical (unpaired) electrons. The van der Waals surface area contributed by atoms with Gasteiger partial charge in [-0.05, 0) is 49.2 Å². The van der Waals surface area contributed by atoms with Crippen molar-refractivity contribution in [2.75, 3.05) is 12.4 Å². The third kappa shape index (κ3) is 4.38. The van der Waals surface area contributed by atoms with Crippen LogP contribution >= 0.6 is 11.6 Å². The Morgan fingerprint density at radius 3 is 2.48 bits per heavy atom. The van der Waals surface area contributed by atoms with E-state index >= 15 is 0 Å². The molecule has 25 heavy (non-hydrogen) atoms. The van der Waals surface area contributed by atoms with Crippen LogP contribution in [0.1, 0.15) is 35.3 Å². The number of carboxylic acids is 1. The van der Waals surface area contributed by atoms with E-state index in [-0.39, 0.29) is 18.1 Å². The summed E-state index contributed by atoms with van der Waals surface area (Å²) in [4.78, 5) is 24.1. The third-order valence-electron chi connectivity index (χ3n) is 3.92. The molecule has 2 aromatic rings. The van der Waals surface area contributed by atoms with Crippen LogP contribution in [0.25, 0.3) is 0 Å². The molecule has 0 aliphatic rings. The molecule has 0 aliphatic heterocycles. The molecule has 0 bridgehead atoms. The molecule has 0 fully saturated rings. The van der Waals surface area contributed by atoms with E-state index in [0.717, 1.165) is 0 Å². The zero-order valence-electron chi connectivity index (χ0n) is 14.3. The van der Waals surface area contributed by atoms with Crippen molar-refractivity contribution in [3.05, 3.63) is 64.2 Å². The lowest BCUT2D eigenvalue weighted by atomic mass is 9.83. The van der Waals surface area contributed by atoms with Crippen molar-refractivity contribution >= 4 is 29.2 Å². The number of hydrogen-bond donors (Lipinski definition) is 2. The maximum absolute atomic E-state index is 12.8. The van der Waals surface area contributed by atoms with Gasteiger partial charge in [-0.15, -0.1) is 0 Å². The highest BCUT2D eigenvalue weighted by atomic mass is 35.5. The number of hydrogen-bond acceptors (Lipinski definition) is 3. The Hall–Kier alpha value is -2.37. The summed E-state index contributed by atoms with van der Waals surface area (Å²) in [6.07, 6.45) is 0. The van der Waals surface area contributed by atoms with Crippen LogP contribution in [0.4, 0.5) is 5.69 Å². The van der Waals surface area contributed by atoms with Gasteiger partial charge in [0.25, 0.3) is 0 Å². The van der Waals surface area contributed by atoms with Crippen molar-refractivity contribution in [1.29, 1.82) is 0 Å². The summed E-state index contributed by atoms with van der Waals surface area (Å²) in [5.41, 5.74) is 0.949. The standard InChI is InChI=1S/C19H20ClNO4/c1-19(2,15-6-4-5-7-16(15)20)18(24)21-14-9-12(11-25-3)8-13(10-14)17(22)23/h4-10H,11H2,1-3H3,(H,21,24)(H,22,23). The minimum Gasteiger partial charge on any atom is -0.478 e. The quantitative estimate of drug-likeness (QED) is 0.812. The zero-order valence-corrected chi connectivity index (χ0v) is 15.1. The molecule has 2 N–H and O–H groups in total. The highest BCUT2D eigenvalue weighted by molar-refractivity contribution is 6.31. The second kappa shape index (κ2) is 7.68. The van der Waals surface area contributed by atoms with Gasteiger partial charge in [0.15, 0.2) is 0 Å². The Bertz CT molecular complexity index is 802. The molecule has 0 aliphatic carbocycles. The van der Waals surface area contributed by atoms with E-state index in [4.69, 9.17) is 16.3 Å². The van der Waals surface area contributed by atoms with Crippen molar-refractivity contribution in [2.45, 2.75) is 25.9 Å². The SMILES string of the molecule is COCc1cc(NC(=O)C(C)(C)c2ccccc2Cl)cc(C(=O)O)c1. The van der Waals surface area contributed by atoms with Gasteiger partial charge < -0.3 is 15.2 Å². The number of methoxy groups -OCH3 is 1. The molecule has 132 valence electrons. The van der Waals surface area contributed by atoms with E-state index < -0.39 is 11.4 Å². The van der Waals surface area contributed by atoms with Gasteiger partial charge in [0.2, 0.25) is 5.91 Å². The fourth-order valence-electron chi connectivity index (χ4n) is 2.52. The summed E-state index contributed by atoms with van der Waals surface area (Å²) in [6, 6.07) is 11.8. The van der Waals surface area contributed by atoms with E-state index in [9.17, 15) is 14.7 Å². The fraction of sp³-hybridized carbons (Fsp3) is 0.263. The summed E-state index contributed by atoms with van der Waals surface area (Å²) in [6.45, 7) is 3.78. The van der Waals surface area contributed by atoms with Crippen molar-refractivity contribution < 1.29 is 19.4 Å². The number of carbonyl (C=O) groups is 2. The summed E-state index contributed by atoms with van der Waals surface area (Å²) in [7, 11) is 1.52. The topological polar surface area (TPSA) is 75.6 Å². The molecule has 0 heterocycles. The molecule has 5 nitrogen and oxygen atoms in total. The van der Waals surface area contributed by atoms with Gasteiger partial charge in [-0.25, -0.2) is 4.79 Å². The molecule has 0 saturated heterocycles. The van der Waals surface area contributed by atoms with E-state index in [1.807, 2.05) is 6.07 Å². The van der Waals surface area contributed by atoms with Crippen LogP contribution < -0.4 is 5.32 Å². The van der Waals surface area contributed by atoms with Crippen LogP contribution in [0, 0.1) is 0 Å². The lowest BCUT2D eigenvalue weighted by Gasteiger charge is -2.25. The lowest BCUT2D eigenvalue weighted by Crippen LogP contribution is -2.35. The van der Waals surface area contributed by atoms with Crippen molar-refractivity contribution in [3.63, 3.8) is 0 Å². The molecule has 0 atom stereocenters. The van der Waals surface area contributed by atoms with Gasteiger partial charge in [0, 0.05) is 17.8 Å². The maximum Gasteiger partial charge on any atom is 0.335 e. The summed E-state index contributed by atoms with van der Waals surface area (Å²) in [5, 5.41) is 12.5. The van der Waals surface area contributed by atoms with E-state index in [1.165, 1.54) is 19.2 Å². The van der Waals surface area contributed by atoms with Gasteiger partial charge in [-0.3, -0.25) is 4.79 Å². The van der Waals surface area contributed by atoms with E-state index in [2.05, 4.69) is 5.32 Å². The molecule has 6 heteroatoms. The van der Waals surface area contributed by atoms with Gasteiger partial charge in [-0.2, -0.15) is 0 Å². The lowest BCUT2D eigenvalue weighted by molar-refractivity contribution is -0.120. The molecule has 2 aromatic carbocycles. The Labute approximate surface area is 151 Å². The number of halogens is 1. The normalized spacial score (nSPS) is 11.2. The second-order valence-electron chi connectivity index (χ2n) is 6.22. The smallest absolute Gasteiger partial charge is 0.335 e. The Kier molecular flexibility index (Phi) is 5.82. The monoisotopic (exact) mass is 361 g/mol. The first-order valence-electron chi connectivity index (χ1n) is 7.68.